The lowest BCUT2D eigenvalue weighted by Gasteiger charge is -2.25. The second-order valence-electron chi connectivity index (χ2n) is 5.38. The van der Waals surface area contributed by atoms with Crippen molar-refractivity contribution in [2.45, 2.75) is 51.1 Å². The Morgan fingerprint density at radius 1 is 1.38 bits per heavy atom. The molecule has 120 valence electrons. The van der Waals surface area contributed by atoms with E-state index in [1.54, 1.807) is 13.1 Å². The zero-order chi connectivity index (χ0) is 16.2. The van der Waals surface area contributed by atoms with E-state index < -0.39 is 10.0 Å². The lowest BCUT2D eigenvalue weighted by molar-refractivity contribution is 0.368. The number of nitrogens with one attached hydrogen (secondary N) is 1. The predicted octanol–water partition coefficient (Wildman–Crippen LogP) is 3.18. The molecule has 0 bridgehead atoms. The highest BCUT2D eigenvalue weighted by Gasteiger charge is 2.27. The Labute approximate surface area is 133 Å². The fraction of sp³-hybridized carbons (Fsp3) is 0.600. The van der Waals surface area contributed by atoms with Crippen molar-refractivity contribution in [1.82, 2.24) is 9.62 Å². The summed E-state index contributed by atoms with van der Waals surface area (Å²) in [5, 5.41) is 3.48. The van der Waals surface area contributed by atoms with Crippen LogP contribution in [-0.4, -0.2) is 32.9 Å². The van der Waals surface area contributed by atoms with Crippen LogP contribution in [0, 0.1) is 6.92 Å². The van der Waals surface area contributed by atoms with Gasteiger partial charge in [-0.25, -0.2) is 8.42 Å². The van der Waals surface area contributed by atoms with Crippen LogP contribution in [0.5, 0.6) is 0 Å². The van der Waals surface area contributed by atoms with Crippen LogP contribution < -0.4 is 5.32 Å². The Kier molecular flexibility index (Phi) is 6.66. The van der Waals surface area contributed by atoms with Gasteiger partial charge in [-0.1, -0.05) is 24.9 Å². The number of benzene rings is 1. The molecule has 1 N–H and O–H groups in total. The first-order valence-electron chi connectivity index (χ1n) is 7.17. The summed E-state index contributed by atoms with van der Waals surface area (Å²) in [5.41, 5.74) is 1.66. The third-order valence-electron chi connectivity index (χ3n) is 3.78. The molecule has 1 aromatic carbocycles. The highest BCUT2D eigenvalue weighted by atomic mass is 35.5. The van der Waals surface area contributed by atoms with E-state index in [1.807, 2.05) is 33.9 Å². The first-order chi connectivity index (χ1) is 9.75. The normalized spacial score (nSPS) is 13.7. The van der Waals surface area contributed by atoms with Crippen LogP contribution in [0.4, 0.5) is 0 Å². The van der Waals surface area contributed by atoms with Crippen molar-refractivity contribution in [1.29, 1.82) is 0 Å². The molecule has 1 unspecified atom stereocenters. The van der Waals surface area contributed by atoms with E-state index in [2.05, 4.69) is 5.32 Å². The van der Waals surface area contributed by atoms with Crippen LogP contribution in [0.3, 0.4) is 0 Å². The maximum absolute atomic E-state index is 12.8. The molecule has 0 spiro atoms. The monoisotopic (exact) mass is 332 g/mol. The molecule has 0 heterocycles. The number of rotatable bonds is 7. The summed E-state index contributed by atoms with van der Waals surface area (Å²) in [4.78, 5) is 0.297. The fourth-order valence-electron chi connectivity index (χ4n) is 2.34. The largest absolute Gasteiger partial charge is 0.316 e. The predicted molar refractivity (Wildman–Crippen MR) is 88.3 cm³/mol. The Hall–Kier alpha value is -0.620. The molecule has 21 heavy (non-hydrogen) atoms. The molecule has 0 saturated heterocycles. The van der Waals surface area contributed by atoms with Crippen molar-refractivity contribution >= 4 is 21.6 Å². The Balaban J connectivity index is 3.31. The van der Waals surface area contributed by atoms with Gasteiger partial charge >= 0.3 is 0 Å². The van der Waals surface area contributed by atoms with Crippen molar-refractivity contribution < 1.29 is 8.42 Å². The standard InChI is InChI=1S/C15H25ClN2O2S/c1-6-7-11(2)18(5)21(19,20)15-9-14(16)8-13(10-17-4)12(15)3/h8-9,11,17H,6-7,10H2,1-5H3. The zero-order valence-electron chi connectivity index (χ0n) is 13.4. The fourth-order valence-corrected chi connectivity index (χ4v) is 4.33. The molecule has 0 aliphatic heterocycles. The summed E-state index contributed by atoms with van der Waals surface area (Å²) in [6.07, 6.45) is 1.78. The van der Waals surface area contributed by atoms with E-state index in [4.69, 9.17) is 11.6 Å². The molecule has 0 saturated carbocycles. The Bertz CT molecular complexity index is 588. The van der Waals surface area contributed by atoms with E-state index in [0.29, 0.717) is 16.5 Å². The number of sulfonamides is 1. The van der Waals surface area contributed by atoms with Gasteiger partial charge in [0.15, 0.2) is 0 Å². The van der Waals surface area contributed by atoms with Gasteiger partial charge in [0.25, 0.3) is 0 Å². The molecule has 1 atom stereocenters. The maximum Gasteiger partial charge on any atom is 0.243 e. The molecule has 0 amide bonds. The summed E-state index contributed by atoms with van der Waals surface area (Å²) in [6, 6.07) is 3.31. The first-order valence-corrected chi connectivity index (χ1v) is 8.99. The first kappa shape index (κ1) is 18.4. The SMILES string of the molecule is CCCC(C)N(C)S(=O)(=O)c1cc(Cl)cc(CNC)c1C. The van der Waals surface area contributed by atoms with E-state index >= 15 is 0 Å². The molecular weight excluding hydrogens is 308 g/mol. The van der Waals surface area contributed by atoms with Crippen molar-refractivity contribution in [3.05, 3.63) is 28.3 Å². The van der Waals surface area contributed by atoms with Crippen LogP contribution in [0.15, 0.2) is 17.0 Å². The summed E-state index contributed by atoms with van der Waals surface area (Å²) >= 11 is 6.10. The number of halogens is 1. The van der Waals surface area contributed by atoms with Gasteiger partial charge in [0.1, 0.15) is 0 Å². The number of hydrogen-bond donors (Lipinski definition) is 1. The molecule has 1 aromatic rings. The van der Waals surface area contributed by atoms with Gasteiger partial charge in [0.2, 0.25) is 10.0 Å². The third-order valence-corrected chi connectivity index (χ3v) is 6.10. The molecule has 0 aromatic heterocycles. The summed E-state index contributed by atoms with van der Waals surface area (Å²) < 4.78 is 27.1. The number of hydrogen-bond acceptors (Lipinski definition) is 3. The molecule has 1 rings (SSSR count). The summed E-state index contributed by atoms with van der Waals surface area (Å²) in [6.45, 7) is 6.39. The molecule has 4 nitrogen and oxygen atoms in total. The number of nitrogens with zero attached hydrogens (tertiary/aromatic N) is 1. The van der Waals surface area contributed by atoms with Crippen LogP contribution in [-0.2, 0) is 16.6 Å². The van der Waals surface area contributed by atoms with Gasteiger partial charge in [-0.05, 0) is 50.6 Å². The van der Waals surface area contributed by atoms with E-state index in [-0.39, 0.29) is 6.04 Å². The van der Waals surface area contributed by atoms with Gasteiger partial charge in [-0.15, -0.1) is 0 Å². The zero-order valence-corrected chi connectivity index (χ0v) is 15.0. The second-order valence-corrected chi connectivity index (χ2v) is 7.78. The van der Waals surface area contributed by atoms with Crippen molar-refractivity contribution in [2.75, 3.05) is 14.1 Å². The molecule has 0 aliphatic carbocycles. The smallest absolute Gasteiger partial charge is 0.243 e. The minimum Gasteiger partial charge on any atom is -0.316 e. The quantitative estimate of drug-likeness (QED) is 0.834. The third kappa shape index (κ3) is 4.19. The maximum atomic E-state index is 12.8. The molecular formula is C15H25ClN2O2S. The molecule has 0 fully saturated rings. The van der Waals surface area contributed by atoms with E-state index in [9.17, 15) is 8.42 Å². The minimum absolute atomic E-state index is 0.0360. The summed E-state index contributed by atoms with van der Waals surface area (Å²) in [5.74, 6) is 0. The average molecular weight is 333 g/mol. The van der Waals surface area contributed by atoms with E-state index in [0.717, 1.165) is 24.0 Å². The van der Waals surface area contributed by atoms with Crippen LogP contribution in [0.2, 0.25) is 5.02 Å². The van der Waals surface area contributed by atoms with Gasteiger partial charge < -0.3 is 5.32 Å². The minimum atomic E-state index is -3.53. The summed E-state index contributed by atoms with van der Waals surface area (Å²) in [7, 11) is -0.0772. The van der Waals surface area contributed by atoms with Crippen LogP contribution in [0.25, 0.3) is 0 Å². The van der Waals surface area contributed by atoms with Crippen LogP contribution in [0.1, 0.15) is 37.8 Å². The Morgan fingerprint density at radius 3 is 2.52 bits per heavy atom. The van der Waals surface area contributed by atoms with Crippen molar-refractivity contribution in [3.8, 4) is 0 Å². The highest BCUT2D eigenvalue weighted by molar-refractivity contribution is 7.89. The highest BCUT2D eigenvalue weighted by Crippen LogP contribution is 2.28. The van der Waals surface area contributed by atoms with Gasteiger partial charge in [0, 0.05) is 24.7 Å². The van der Waals surface area contributed by atoms with Crippen molar-refractivity contribution in [3.63, 3.8) is 0 Å². The van der Waals surface area contributed by atoms with Crippen molar-refractivity contribution in [2.24, 2.45) is 0 Å². The van der Waals surface area contributed by atoms with Gasteiger partial charge in [0.05, 0.1) is 4.90 Å². The lowest BCUT2D eigenvalue weighted by atomic mass is 10.1. The topological polar surface area (TPSA) is 49.4 Å². The molecule has 0 aliphatic rings. The lowest BCUT2D eigenvalue weighted by Crippen LogP contribution is -2.35. The van der Waals surface area contributed by atoms with E-state index in [1.165, 1.54) is 4.31 Å². The van der Waals surface area contributed by atoms with Gasteiger partial charge in [-0.2, -0.15) is 4.31 Å². The molecule has 6 heteroatoms. The molecule has 0 radical (unpaired) electrons. The van der Waals surface area contributed by atoms with Crippen LogP contribution >= 0.6 is 11.6 Å². The average Bonchev–Trinajstić information content (AvgIpc) is 2.41. The second kappa shape index (κ2) is 7.58. The Morgan fingerprint density at radius 2 is 2.00 bits per heavy atom. The van der Waals surface area contributed by atoms with Gasteiger partial charge in [-0.3, -0.25) is 0 Å².